The molecule has 0 saturated heterocycles. The van der Waals surface area contributed by atoms with Crippen molar-refractivity contribution >= 4 is 11.9 Å². The number of aliphatic carboxylic acids is 1. The molecule has 6 heteroatoms. The van der Waals surface area contributed by atoms with Crippen molar-refractivity contribution in [1.82, 2.24) is 0 Å². The Kier molecular flexibility index (Phi) is 24.1. The predicted molar refractivity (Wildman–Crippen MR) is 119 cm³/mol. The van der Waals surface area contributed by atoms with E-state index in [4.69, 9.17) is 4.74 Å². The van der Waals surface area contributed by atoms with Crippen LogP contribution in [0.25, 0.3) is 0 Å². The molecule has 1 radical (unpaired) electrons. The number of likely N-dealkylation sites (N-methyl/N-ethyl adjacent to an activating group) is 1. The Labute approximate surface area is 212 Å². The molecular formula is C24H49NO4Y. The predicted octanol–water partition coefficient (Wildman–Crippen LogP) is 4.72. The van der Waals surface area contributed by atoms with Gasteiger partial charge in [0.2, 0.25) is 0 Å². The van der Waals surface area contributed by atoms with Crippen LogP contribution < -0.4 is 5.11 Å². The molecule has 0 saturated carbocycles. The largest absolute Gasteiger partial charge is 0.550 e. The van der Waals surface area contributed by atoms with Gasteiger partial charge in [0.15, 0.2) is 6.10 Å². The van der Waals surface area contributed by atoms with E-state index in [1.807, 2.05) is 21.1 Å². The number of quaternary nitrogens is 1. The number of carbonyl (C=O) groups is 2. The standard InChI is InChI=1S/C23H45NO4.CH4.Y/c1-6-8-10-12-13-15-17-20(16-14-11-9-7-2)23(27)28-21(18-22(25)26)19-24(3,4)5;;/h20-21H,6-19H2,1-5H3;1H4;. The van der Waals surface area contributed by atoms with Crippen LogP contribution in [0.5, 0.6) is 0 Å². The minimum Gasteiger partial charge on any atom is -0.550 e. The van der Waals surface area contributed by atoms with Gasteiger partial charge in [0, 0.05) is 45.1 Å². The summed E-state index contributed by atoms with van der Waals surface area (Å²) in [6.07, 6.45) is 12.5. The fourth-order valence-electron chi connectivity index (χ4n) is 3.57. The zero-order valence-electron chi connectivity index (χ0n) is 19.7. The van der Waals surface area contributed by atoms with Gasteiger partial charge in [-0.3, -0.25) is 4.79 Å². The third kappa shape index (κ3) is 21.2. The van der Waals surface area contributed by atoms with Gasteiger partial charge < -0.3 is 19.1 Å². The summed E-state index contributed by atoms with van der Waals surface area (Å²) in [5.41, 5.74) is 0. The average molecular weight is 505 g/mol. The van der Waals surface area contributed by atoms with E-state index in [-0.39, 0.29) is 58.4 Å². The Morgan fingerprint density at radius 1 is 0.833 bits per heavy atom. The quantitative estimate of drug-likeness (QED) is 0.154. The number of carboxylic acid groups (broad SMARTS) is 1. The Balaban J connectivity index is -0.00000364. The second-order valence-electron chi connectivity index (χ2n) is 9.21. The van der Waals surface area contributed by atoms with E-state index in [2.05, 4.69) is 13.8 Å². The molecule has 0 spiro atoms. The smallest absolute Gasteiger partial charge is 0.309 e. The van der Waals surface area contributed by atoms with Gasteiger partial charge in [0.1, 0.15) is 6.54 Å². The van der Waals surface area contributed by atoms with Crippen molar-refractivity contribution in [2.75, 3.05) is 27.7 Å². The zero-order chi connectivity index (χ0) is 21.4. The summed E-state index contributed by atoms with van der Waals surface area (Å²) in [6, 6.07) is 0. The molecule has 0 aromatic heterocycles. The van der Waals surface area contributed by atoms with Crippen molar-refractivity contribution in [2.45, 2.75) is 111 Å². The van der Waals surface area contributed by atoms with Crippen molar-refractivity contribution < 1.29 is 56.6 Å². The molecule has 0 amide bonds. The zero-order valence-corrected chi connectivity index (χ0v) is 22.6. The van der Waals surface area contributed by atoms with E-state index in [0.717, 1.165) is 38.5 Å². The van der Waals surface area contributed by atoms with Gasteiger partial charge in [-0.1, -0.05) is 85.5 Å². The van der Waals surface area contributed by atoms with Crippen LogP contribution in [0, 0.1) is 5.92 Å². The van der Waals surface area contributed by atoms with Crippen molar-refractivity contribution in [3.8, 4) is 0 Å². The number of unbranched alkanes of at least 4 members (excludes halogenated alkanes) is 8. The fourth-order valence-corrected chi connectivity index (χ4v) is 3.57. The van der Waals surface area contributed by atoms with E-state index in [0.29, 0.717) is 11.0 Å². The Morgan fingerprint density at radius 2 is 1.27 bits per heavy atom. The summed E-state index contributed by atoms with van der Waals surface area (Å²) >= 11 is 0. The molecule has 0 fully saturated rings. The maximum absolute atomic E-state index is 12.8. The molecular weight excluding hydrogens is 455 g/mol. The summed E-state index contributed by atoms with van der Waals surface area (Å²) in [6.45, 7) is 4.86. The normalized spacial score (nSPS) is 13.0. The van der Waals surface area contributed by atoms with Gasteiger partial charge in [-0.2, -0.15) is 0 Å². The summed E-state index contributed by atoms with van der Waals surface area (Å²) in [4.78, 5) is 23.9. The first-order chi connectivity index (χ1) is 13.2. The van der Waals surface area contributed by atoms with Gasteiger partial charge in [-0.05, 0) is 12.8 Å². The molecule has 30 heavy (non-hydrogen) atoms. The molecule has 0 aromatic carbocycles. The van der Waals surface area contributed by atoms with Crippen LogP contribution in [0.15, 0.2) is 0 Å². The number of rotatable bonds is 18. The van der Waals surface area contributed by atoms with Gasteiger partial charge in [-0.15, -0.1) is 0 Å². The molecule has 0 aromatic rings. The van der Waals surface area contributed by atoms with Crippen molar-refractivity contribution in [1.29, 1.82) is 0 Å². The van der Waals surface area contributed by atoms with E-state index >= 15 is 0 Å². The van der Waals surface area contributed by atoms with E-state index in [1.165, 1.54) is 38.5 Å². The first-order valence-electron chi connectivity index (χ1n) is 11.4. The Morgan fingerprint density at radius 3 is 1.70 bits per heavy atom. The number of nitrogens with zero attached hydrogens (tertiary/aromatic N) is 1. The maximum atomic E-state index is 12.8. The number of carbonyl (C=O) groups excluding carboxylic acids is 2. The summed E-state index contributed by atoms with van der Waals surface area (Å²) < 4.78 is 6.22. The van der Waals surface area contributed by atoms with Crippen LogP contribution in [-0.4, -0.2) is 50.2 Å². The number of hydrogen-bond donors (Lipinski definition) is 0. The maximum Gasteiger partial charge on any atom is 0.309 e. The summed E-state index contributed by atoms with van der Waals surface area (Å²) in [5, 5.41) is 11.1. The number of hydrogen-bond acceptors (Lipinski definition) is 4. The van der Waals surface area contributed by atoms with Crippen molar-refractivity contribution in [2.24, 2.45) is 5.92 Å². The molecule has 177 valence electrons. The van der Waals surface area contributed by atoms with Crippen LogP contribution in [0.3, 0.4) is 0 Å². The van der Waals surface area contributed by atoms with Crippen LogP contribution in [0.4, 0.5) is 0 Å². The SMILES string of the molecule is C.CCCCCCCCC(CCCCCC)C(=O)OC(CC(=O)[O-])C[N+](C)(C)C.[Y]. The number of esters is 1. The van der Waals surface area contributed by atoms with Crippen LogP contribution in [0.2, 0.25) is 0 Å². The van der Waals surface area contributed by atoms with E-state index < -0.39 is 12.1 Å². The Bertz CT molecular complexity index is 424. The second kappa shape index (κ2) is 20.9. The van der Waals surface area contributed by atoms with E-state index in [1.54, 1.807) is 0 Å². The topological polar surface area (TPSA) is 66.4 Å². The first kappa shape index (κ1) is 34.6. The molecule has 0 aliphatic rings. The third-order valence-electron chi connectivity index (χ3n) is 5.07. The van der Waals surface area contributed by atoms with Gasteiger partial charge in [0.25, 0.3) is 0 Å². The second-order valence-corrected chi connectivity index (χ2v) is 9.21. The van der Waals surface area contributed by atoms with Crippen LogP contribution in [0.1, 0.15) is 105 Å². The number of carboxylic acids is 1. The minimum atomic E-state index is -1.17. The minimum absolute atomic E-state index is 0. The Hall–Kier alpha value is 0.00390. The molecule has 2 unspecified atom stereocenters. The van der Waals surface area contributed by atoms with Crippen LogP contribution in [-0.2, 0) is 47.0 Å². The van der Waals surface area contributed by atoms with Crippen molar-refractivity contribution in [3.05, 3.63) is 0 Å². The fraction of sp³-hybridized carbons (Fsp3) is 0.917. The third-order valence-corrected chi connectivity index (χ3v) is 5.07. The molecule has 5 nitrogen and oxygen atoms in total. The molecule has 0 aliphatic carbocycles. The molecule has 0 bridgehead atoms. The molecule has 0 aliphatic heterocycles. The summed E-state index contributed by atoms with van der Waals surface area (Å²) in [7, 11) is 5.90. The van der Waals surface area contributed by atoms with Gasteiger partial charge in [-0.25, -0.2) is 0 Å². The number of ether oxygens (including phenoxy) is 1. The molecule has 0 heterocycles. The van der Waals surface area contributed by atoms with Crippen molar-refractivity contribution in [3.63, 3.8) is 0 Å². The molecule has 2 atom stereocenters. The van der Waals surface area contributed by atoms with Gasteiger partial charge >= 0.3 is 5.97 Å². The monoisotopic (exact) mass is 504 g/mol. The molecule has 0 rings (SSSR count). The van der Waals surface area contributed by atoms with E-state index in [9.17, 15) is 14.7 Å². The summed E-state index contributed by atoms with van der Waals surface area (Å²) in [5.74, 6) is -1.49. The first-order valence-corrected chi connectivity index (χ1v) is 11.4. The molecule has 0 N–H and O–H groups in total. The van der Waals surface area contributed by atoms with Gasteiger partial charge in [0.05, 0.1) is 27.1 Å². The average Bonchev–Trinajstić information content (AvgIpc) is 2.57. The van der Waals surface area contributed by atoms with Crippen LogP contribution >= 0.6 is 0 Å².